The van der Waals surface area contributed by atoms with Gasteiger partial charge >= 0.3 is 0 Å². The highest BCUT2D eigenvalue weighted by atomic mass is 19.1. The maximum Gasteiger partial charge on any atom is 0.125 e. The van der Waals surface area contributed by atoms with E-state index < -0.39 is 5.54 Å². The van der Waals surface area contributed by atoms with Crippen LogP contribution in [-0.2, 0) is 0 Å². The molecule has 4 heteroatoms. The molecule has 25 heavy (non-hydrogen) atoms. The van der Waals surface area contributed by atoms with Crippen LogP contribution in [0.3, 0.4) is 0 Å². The molecule has 0 bridgehead atoms. The summed E-state index contributed by atoms with van der Waals surface area (Å²) in [4.78, 5) is 0. The number of anilines is 1. The third-order valence-electron chi connectivity index (χ3n) is 4.73. The summed E-state index contributed by atoms with van der Waals surface area (Å²) < 4.78 is 13.2. The van der Waals surface area contributed by atoms with E-state index in [2.05, 4.69) is 12.2 Å². The van der Waals surface area contributed by atoms with Crippen LogP contribution in [0.1, 0.15) is 31.7 Å². The zero-order valence-corrected chi connectivity index (χ0v) is 14.3. The van der Waals surface area contributed by atoms with Gasteiger partial charge < -0.3 is 15.8 Å². The summed E-state index contributed by atoms with van der Waals surface area (Å²) in [5, 5.41) is 22.4. The minimum absolute atomic E-state index is 0.210. The first kappa shape index (κ1) is 17.2. The molecule has 2 unspecified atom stereocenters. The molecule has 0 heterocycles. The molecular weight excluding hydrogens is 315 g/mol. The van der Waals surface area contributed by atoms with Crippen molar-refractivity contribution < 1.29 is 9.50 Å². The molecule has 2 atom stereocenters. The lowest BCUT2D eigenvalue weighted by molar-refractivity contribution is 0.365. The molecule has 3 nitrogen and oxygen atoms in total. The molecule has 3 rings (SSSR count). The van der Waals surface area contributed by atoms with Gasteiger partial charge in [-0.3, -0.25) is 0 Å². The zero-order valence-electron chi connectivity index (χ0n) is 14.3. The molecule has 130 valence electrons. The van der Waals surface area contributed by atoms with Gasteiger partial charge in [-0.15, -0.1) is 0 Å². The molecule has 2 aromatic rings. The lowest BCUT2D eigenvalue weighted by Gasteiger charge is -2.30. The van der Waals surface area contributed by atoms with Crippen LogP contribution in [0.5, 0.6) is 0 Å². The Bertz CT molecular complexity index is 770. The Morgan fingerprint density at radius 3 is 2.36 bits per heavy atom. The van der Waals surface area contributed by atoms with E-state index in [1.807, 2.05) is 30.3 Å². The highest BCUT2D eigenvalue weighted by Gasteiger charge is 2.52. The Morgan fingerprint density at radius 2 is 1.80 bits per heavy atom. The maximum absolute atomic E-state index is 13.2. The minimum Gasteiger partial charge on any atom is -0.510 e. The molecular formula is C21H23FN2O. The fourth-order valence-corrected chi connectivity index (χ4v) is 3.24. The molecule has 1 aliphatic carbocycles. The smallest absolute Gasteiger partial charge is 0.125 e. The number of nitrogens with one attached hydrogen (secondary N) is 2. The molecule has 0 radical (unpaired) electrons. The first-order valence-corrected chi connectivity index (χ1v) is 8.66. The van der Waals surface area contributed by atoms with Gasteiger partial charge in [-0.2, -0.15) is 0 Å². The van der Waals surface area contributed by atoms with Crippen LogP contribution in [0.2, 0.25) is 0 Å². The molecule has 2 aromatic carbocycles. The van der Waals surface area contributed by atoms with Crippen LogP contribution in [0, 0.1) is 17.1 Å². The predicted molar refractivity (Wildman–Crippen MR) is 99.8 cm³/mol. The van der Waals surface area contributed by atoms with Crippen LogP contribution in [0.4, 0.5) is 10.1 Å². The lowest BCUT2D eigenvalue weighted by atomic mass is 9.82. The largest absolute Gasteiger partial charge is 0.510 e. The molecule has 0 saturated carbocycles. The molecule has 0 aliphatic heterocycles. The molecule has 0 aromatic heterocycles. The number of para-hydroxylation sites is 1. The Labute approximate surface area is 147 Å². The van der Waals surface area contributed by atoms with Crippen LogP contribution in [0.25, 0.3) is 0 Å². The van der Waals surface area contributed by atoms with Crippen molar-refractivity contribution in [2.24, 2.45) is 5.92 Å². The van der Waals surface area contributed by atoms with Crippen LogP contribution in [0.15, 0.2) is 66.4 Å². The highest BCUT2D eigenvalue weighted by Crippen LogP contribution is 2.45. The van der Waals surface area contributed by atoms with Crippen molar-refractivity contribution in [2.45, 2.75) is 31.7 Å². The maximum atomic E-state index is 13.2. The number of rotatable bonds is 8. The Morgan fingerprint density at radius 1 is 1.16 bits per heavy atom. The van der Waals surface area contributed by atoms with Gasteiger partial charge in [0.15, 0.2) is 0 Å². The Kier molecular flexibility index (Phi) is 4.88. The van der Waals surface area contributed by atoms with Gasteiger partial charge in [0.05, 0.1) is 0 Å². The van der Waals surface area contributed by atoms with E-state index in [1.54, 1.807) is 18.2 Å². The van der Waals surface area contributed by atoms with Crippen molar-refractivity contribution >= 4 is 11.4 Å². The molecule has 0 saturated heterocycles. The van der Waals surface area contributed by atoms with E-state index in [1.165, 1.54) is 12.1 Å². The second-order valence-corrected chi connectivity index (χ2v) is 6.51. The number of halogens is 1. The standard InChI is InChI=1S/C21H23FN2O/c1-2-3-9-18(20(23)15-10-12-16(22)13-11-15)21(14-19(21)25)24-17-7-5-4-6-8-17/h4-8,10-14,18,23-25H,2-3,9H2,1H3. The van der Waals surface area contributed by atoms with Crippen LogP contribution in [-0.4, -0.2) is 16.4 Å². The zero-order chi connectivity index (χ0) is 17.9. The summed E-state index contributed by atoms with van der Waals surface area (Å²) in [5.41, 5.74) is 1.28. The highest BCUT2D eigenvalue weighted by molar-refractivity contribution is 6.02. The topological polar surface area (TPSA) is 56.1 Å². The summed E-state index contributed by atoms with van der Waals surface area (Å²) in [6, 6.07) is 15.7. The summed E-state index contributed by atoms with van der Waals surface area (Å²) in [6.45, 7) is 2.11. The quantitative estimate of drug-likeness (QED) is 0.572. The number of unbranched alkanes of at least 4 members (excludes halogenated alkanes) is 1. The Balaban J connectivity index is 1.88. The summed E-state index contributed by atoms with van der Waals surface area (Å²) >= 11 is 0. The van der Waals surface area contributed by atoms with E-state index in [4.69, 9.17) is 5.41 Å². The molecule has 3 N–H and O–H groups in total. The average Bonchev–Trinajstić information content (AvgIpc) is 3.26. The normalized spacial score (nSPS) is 19.8. The first-order chi connectivity index (χ1) is 12.1. The minimum atomic E-state index is -0.720. The van der Waals surface area contributed by atoms with Gasteiger partial charge in [0.2, 0.25) is 0 Å². The fraction of sp³-hybridized carbons (Fsp3) is 0.286. The van der Waals surface area contributed by atoms with Crippen molar-refractivity contribution in [1.29, 1.82) is 5.41 Å². The predicted octanol–water partition coefficient (Wildman–Crippen LogP) is 5.31. The SMILES string of the molecule is CCCCC(C(=N)c1ccc(F)cc1)C1(Nc2ccccc2)C=C1O. The Hall–Kier alpha value is -2.62. The lowest BCUT2D eigenvalue weighted by Crippen LogP contribution is -2.40. The van der Waals surface area contributed by atoms with E-state index in [0.29, 0.717) is 11.3 Å². The third-order valence-corrected chi connectivity index (χ3v) is 4.73. The third kappa shape index (κ3) is 3.58. The van der Waals surface area contributed by atoms with Crippen molar-refractivity contribution in [1.82, 2.24) is 0 Å². The number of benzene rings is 2. The van der Waals surface area contributed by atoms with E-state index in [-0.39, 0.29) is 17.5 Å². The second kappa shape index (κ2) is 7.09. The van der Waals surface area contributed by atoms with Gasteiger partial charge in [-0.05, 0) is 42.3 Å². The van der Waals surface area contributed by atoms with Gasteiger partial charge in [-0.25, -0.2) is 4.39 Å². The van der Waals surface area contributed by atoms with Crippen molar-refractivity contribution in [3.63, 3.8) is 0 Å². The number of hydrogen-bond acceptors (Lipinski definition) is 3. The molecule has 0 amide bonds. The van der Waals surface area contributed by atoms with Crippen LogP contribution >= 0.6 is 0 Å². The summed E-state index contributed by atoms with van der Waals surface area (Å²) in [5.74, 6) is -0.256. The van der Waals surface area contributed by atoms with E-state index >= 15 is 0 Å². The monoisotopic (exact) mass is 338 g/mol. The average molecular weight is 338 g/mol. The van der Waals surface area contributed by atoms with Gasteiger partial charge in [0.25, 0.3) is 0 Å². The fourth-order valence-electron chi connectivity index (χ4n) is 3.24. The molecule has 0 fully saturated rings. The number of hydrogen-bond donors (Lipinski definition) is 3. The van der Waals surface area contributed by atoms with Gasteiger partial charge in [0.1, 0.15) is 17.1 Å². The van der Waals surface area contributed by atoms with Gasteiger partial charge in [0, 0.05) is 17.3 Å². The summed E-state index contributed by atoms with van der Waals surface area (Å²) in [6.07, 6.45) is 4.51. The van der Waals surface area contributed by atoms with E-state index in [9.17, 15) is 9.50 Å². The van der Waals surface area contributed by atoms with Gasteiger partial charge in [-0.1, -0.05) is 50.1 Å². The summed E-state index contributed by atoms with van der Waals surface area (Å²) in [7, 11) is 0. The number of aliphatic hydroxyl groups excluding tert-OH is 1. The van der Waals surface area contributed by atoms with Crippen LogP contribution < -0.4 is 5.32 Å². The van der Waals surface area contributed by atoms with Crippen molar-refractivity contribution in [2.75, 3.05) is 5.32 Å². The molecule has 1 aliphatic rings. The second-order valence-electron chi connectivity index (χ2n) is 6.51. The van der Waals surface area contributed by atoms with Crippen molar-refractivity contribution in [3.8, 4) is 0 Å². The molecule has 0 spiro atoms. The van der Waals surface area contributed by atoms with E-state index in [0.717, 1.165) is 24.9 Å². The number of aliphatic hydroxyl groups is 1. The van der Waals surface area contributed by atoms with Crippen molar-refractivity contribution in [3.05, 3.63) is 77.8 Å². The first-order valence-electron chi connectivity index (χ1n) is 8.66.